The van der Waals surface area contributed by atoms with Crippen LogP contribution in [0.25, 0.3) is 5.69 Å². The summed E-state index contributed by atoms with van der Waals surface area (Å²) in [5.41, 5.74) is 3.36. The summed E-state index contributed by atoms with van der Waals surface area (Å²) in [5.74, 6) is -0.510. The molecule has 0 atom stereocenters. The molecule has 0 bridgehead atoms. The molecule has 5 nitrogen and oxygen atoms in total. The molecule has 1 aromatic heterocycles. The highest BCUT2D eigenvalue weighted by atomic mass is 19.4. The second-order valence-corrected chi connectivity index (χ2v) is 6.41. The summed E-state index contributed by atoms with van der Waals surface area (Å²) in [6.45, 7) is 1.84. The number of benzene rings is 2. The first kappa shape index (κ1) is 21.2. The van der Waals surface area contributed by atoms with E-state index >= 15 is 0 Å². The van der Waals surface area contributed by atoms with Gasteiger partial charge in [0, 0.05) is 11.6 Å². The van der Waals surface area contributed by atoms with Gasteiger partial charge in [-0.2, -0.15) is 31.4 Å². The van der Waals surface area contributed by atoms with Crippen molar-refractivity contribution in [3.8, 4) is 5.69 Å². The fourth-order valence-corrected chi connectivity index (χ4v) is 2.61. The number of anilines is 2. The van der Waals surface area contributed by atoms with Crippen molar-refractivity contribution in [2.24, 2.45) is 0 Å². The SMILES string of the molecule is Cc1ccc(C(=O)Nc2ccc(-n3nc(C(F)(F)F)cc3C(F)(F)F)cc2N)cc1. The molecule has 158 valence electrons. The molecule has 3 rings (SSSR count). The normalized spacial score (nSPS) is 12.1. The van der Waals surface area contributed by atoms with Gasteiger partial charge in [-0.3, -0.25) is 4.79 Å². The Morgan fingerprint density at radius 1 is 0.967 bits per heavy atom. The van der Waals surface area contributed by atoms with Gasteiger partial charge in [0.2, 0.25) is 0 Å². The van der Waals surface area contributed by atoms with Gasteiger partial charge >= 0.3 is 12.4 Å². The number of rotatable bonds is 3. The van der Waals surface area contributed by atoms with E-state index in [1.54, 1.807) is 24.3 Å². The lowest BCUT2D eigenvalue weighted by atomic mass is 10.1. The van der Waals surface area contributed by atoms with Crippen LogP contribution in [-0.2, 0) is 12.4 Å². The summed E-state index contributed by atoms with van der Waals surface area (Å²) in [6.07, 6.45) is -10.1. The first-order valence-electron chi connectivity index (χ1n) is 8.38. The van der Waals surface area contributed by atoms with Crippen LogP contribution in [0.2, 0.25) is 0 Å². The number of amides is 1. The second kappa shape index (κ2) is 7.39. The maximum absolute atomic E-state index is 13.2. The molecule has 1 heterocycles. The van der Waals surface area contributed by atoms with Crippen molar-refractivity contribution >= 4 is 17.3 Å². The average Bonchev–Trinajstić information content (AvgIpc) is 3.10. The van der Waals surface area contributed by atoms with Crippen molar-refractivity contribution in [1.82, 2.24) is 9.78 Å². The fourth-order valence-electron chi connectivity index (χ4n) is 2.61. The van der Waals surface area contributed by atoms with Crippen molar-refractivity contribution in [3.05, 3.63) is 71.0 Å². The minimum atomic E-state index is -5.08. The Hall–Kier alpha value is -3.50. The van der Waals surface area contributed by atoms with Gasteiger partial charge in [0.05, 0.1) is 17.1 Å². The van der Waals surface area contributed by atoms with Crippen LogP contribution < -0.4 is 11.1 Å². The highest BCUT2D eigenvalue weighted by Crippen LogP contribution is 2.37. The summed E-state index contributed by atoms with van der Waals surface area (Å²) >= 11 is 0. The van der Waals surface area contributed by atoms with Crippen LogP contribution >= 0.6 is 0 Å². The zero-order chi connectivity index (χ0) is 22.3. The summed E-state index contributed by atoms with van der Waals surface area (Å²) in [7, 11) is 0. The summed E-state index contributed by atoms with van der Waals surface area (Å²) < 4.78 is 78.2. The van der Waals surface area contributed by atoms with Gasteiger partial charge in [-0.15, -0.1) is 0 Å². The Balaban J connectivity index is 1.94. The highest BCUT2D eigenvalue weighted by Gasteiger charge is 2.42. The monoisotopic (exact) mass is 428 g/mol. The van der Waals surface area contributed by atoms with Gasteiger partial charge in [0.1, 0.15) is 5.69 Å². The van der Waals surface area contributed by atoms with Gasteiger partial charge in [-0.25, -0.2) is 4.68 Å². The molecule has 0 saturated heterocycles. The zero-order valence-corrected chi connectivity index (χ0v) is 15.3. The molecule has 1 amide bonds. The van der Waals surface area contributed by atoms with E-state index in [1.165, 1.54) is 6.07 Å². The third-order valence-electron chi connectivity index (χ3n) is 4.13. The van der Waals surface area contributed by atoms with Gasteiger partial charge in [0.25, 0.3) is 5.91 Å². The molecule has 0 aliphatic heterocycles. The number of hydrogen-bond acceptors (Lipinski definition) is 3. The highest BCUT2D eigenvalue weighted by molar-refractivity contribution is 6.05. The van der Waals surface area contributed by atoms with Crippen molar-refractivity contribution < 1.29 is 31.1 Å². The summed E-state index contributed by atoms with van der Waals surface area (Å²) in [5, 5.41) is 5.54. The molecular weight excluding hydrogens is 414 g/mol. The number of aryl methyl sites for hydroxylation is 1. The lowest BCUT2D eigenvalue weighted by Gasteiger charge is -2.13. The van der Waals surface area contributed by atoms with Crippen LogP contribution in [0.1, 0.15) is 27.3 Å². The number of hydrogen-bond donors (Lipinski definition) is 2. The van der Waals surface area contributed by atoms with Gasteiger partial charge in [-0.05, 0) is 37.3 Å². The molecule has 0 radical (unpaired) electrons. The molecule has 0 aliphatic rings. The number of carbonyl (C=O) groups excluding carboxylic acids is 1. The molecule has 0 unspecified atom stereocenters. The maximum atomic E-state index is 13.2. The van der Waals surface area contributed by atoms with Crippen molar-refractivity contribution in [1.29, 1.82) is 0 Å². The van der Waals surface area contributed by atoms with E-state index in [0.717, 1.165) is 17.7 Å². The van der Waals surface area contributed by atoms with E-state index < -0.39 is 29.6 Å². The predicted octanol–water partition coefficient (Wildman–Crippen LogP) is 5.05. The Kier molecular flexibility index (Phi) is 5.23. The number of nitrogens with two attached hydrogens (primary N) is 1. The lowest BCUT2D eigenvalue weighted by molar-refractivity contribution is -0.143. The molecule has 2 aromatic carbocycles. The third kappa shape index (κ3) is 4.39. The quantitative estimate of drug-likeness (QED) is 0.453. The molecule has 0 fully saturated rings. The minimum absolute atomic E-state index is 0.0801. The first-order valence-corrected chi connectivity index (χ1v) is 8.38. The van der Waals surface area contributed by atoms with E-state index in [4.69, 9.17) is 5.73 Å². The first-order chi connectivity index (χ1) is 13.9. The standard InChI is InChI=1S/C19H14F6N4O/c1-10-2-4-11(5-3-10)17(30)27-14-7-6-12(8-13(14)26)29-16(19(23,24)25)9-15(28-29)18(20,21)22/h2-9H,26H2,1H3,(H,27,30). The summed E-state index contributed by atoms with van der Waals surface area (Å²) in [4.78, 5) is 12.3. The molecule has 30 heavy (non-hydrogen) atoms. The molecule has 0 spiro atoms. The Bertz CT molecular complexity index is 1080. The Morgan fingerprint density at radius 2 is 1.60 bits per heavy atom. The van der Waals surface area contributed by atoms with Crippen LogP contribution in [0.15, 0.2) is 48.5 Å². The van der Waals surface area contributed by atoms with E-state index in [-0.39, 0.29) is 27.8 Å². The number of nitrogens with zero attached hydrogens (tertiary/aromatic N) is 2. The van der Waals surface area contributed by atoms with Crippen molar-refractivity contribution in [3.63, 3.8) is 0 Å². The lowest BCUT2D eigenvalue weighted by Crippen LogP contribution is -2.15. The van der Waals surface area contributed by atoms with Gasteiger partial charge in [-0.1, -0.05) is 17.7 Å². The van der Waals surface area contributed by atoms with Crippen LogP contribution in [0, 0.1) is 6.92 Å². The van der Waals surface area contributed by atoms with E-state index in [0.29, 0.717) is 5.56 Å². The van der Waals surface area contributed by atoms with Crippen molar-refractivity contribution in [2.45, 2.75) is 19.3 Å². The second-order valence-electron chi connectivity index (χ2n) is 6.41. The number of halogens is 6. The number of nitrogens with one attached hydrogen (secondary N) is 1. The zero-order valence-electron chi connectivity index (χ0n) is 15.3. The van der Waals surface area contributed by atoms with Crippen LogP contribution in [0.5, 0.6) is 0 Å². The molecule has 0 aliphatic carbocycles. The van der Waals surface area contributed by atoms with E-state index in [2.05, 4.69) is 10.4 Å². The fraction of sp³-hybridized carbons (Fsp3) is 0.158. The van der Waals surface area contributed by atoms with E-state index in [9.17, 15) is 31.1 Å². The van der Waals surface area contributed by atoms with Crippen LogP contribution in [-0.4, -0.2) is 15.7 Å². The number of alkyl halides is 6. The Morgan fingerprint density at radius 3 is 2.13 bits per heavy atom. The maximum Gasteiger partial charge on any atom is 0.435 e. The predicted molar refractivity (Wildman–Crippen MR) is 97.1 cm³/mol. The molecule has 0 saturated carbocycles. The smallest absolute Gasteiger partial charge is 0.397 e. The van der Waals surface area contributed by atoms with E-state index in [1.807, 2.05) is 6.92 Å². The third-order valence-corrected chi connectivity index (χ3v) is 4.13. The van der Waals surface area contributed by atoms with Crippen LogP contribution in [0.4, 0.5) is 37.7 Å². The molecular formula is C19H14F6N4O. The van der Waals surface area contributed by atoms with Gasteiger partial charge in [0.15, 0.2) is 5.69 Å². The largest absolute Gasteiger partial charge is 0.435 e. The number of nitrogen functional groups attached to an aromatic ring is 1. The number of carbonyl (C=O) groups is 1. The molecule has 11 heteroatoms. The van der Waals surface area contributed by atoms with Gasteiger partial charge < -0.3 is 11.1 Å². The average molecular weight is 428 g/mol. The van der Waals surface area contributed by atoms with Crippen LogP contribution in [0.3, 0.4) is 0 Å². The van der Waals surface area contributed by atoms with Crippen molar-refractivity contribution in [2.75, 3.05) is 11.1 Å². The Labute approximate surface area is 166 Å². The number of aromatic nitrogens is 2. The topological polar surface area (TPSA) is 72.9 Å². The molecule has 3 N–H and O–H groups in total. The summed E-state index contributed by atoms with van der Waals surface area (Å²) in [6, 6.07) is 9.76. The minimum Gasteiger partial charge on any atom is -0.397 e. The molecule has 3 aromatic rings.